The second kappa shape index (κ2) is 11.8. The van der Waals surface area contributed by atoms with Crippen LogP contribution in [0.2, 0.25) is 0 Å². The molecule has 0 heterocycles. The average Bonchev–Trinajstić information content (AvgIpc) is 2.91. The van der Waals surface area contributed by atoms with Crippen molar-refractivity contribution in [3.8, 4) is 5.75 Å². The van der Waals surface area contributed by atoms with Crippen molar-refractivity contribution in [1.82, 2.24) is 5.32 Å². The molecular weight excluding hydrogens is 491 g/mol. The number of nitrogens with zero attached hydrogens (tertiary/aromatic N) is 1. The van der Waals surface area contributed by atoms with Crippen molar-refractivity contribution in [3.63, 3.8) is 0 Å². The summed E-state index contributed by atoms with van der Waals surface area (Å²) < 4.78 is 47.1. The fourth-order valence-electron chi connectivity index (χ4n) is 4.69. The number of rotatable bonds is 10. The Kier molecular flexibility index (Phi) is 8.48. The summed E-state index contributed by atoms with van der Waals surface area (Å²) in [6.07, 6.45) is 5.15. The molecule has 8 heteroatoms. The Morgan fingerprint density at radius 3 is 2.30 bits per heavy atom. The lowest BCUT2D eigenvalue weighted by Gasteiger charge is -2.26. The molecule has 1 amide bonds. The van der Waals surface area contributed by atoms with Gasteiger partial charge in [-0.25, -0.2) is 12.8 Å². The largest absolute Gasteiger partial charge is 0.494 e. The van der Waals surface area contributed by atoms with Gasteiger partial charge in [-0.05, 0) is 104 Å². The minimum absolute atomic E-state index is 0.0997. The summed E-state index contributed by atoms with van der Waals surface area (Å²) in [5.74, 6) is -0.377. The lowest BCUT2D eigenvalue weighted by Crippen LogP contribution is -2.42. The highest BCUT2D eigenvalue weighted by Gasteiger charge is 2.28. The summed E-state index contributed by atoms with van der Waals surface area (Å²) >= 11 is 0. The fraction of sp³-hybridized carbons (Fsp3) is 0.345. The molecule has 1 aliphatic carbocycles. The van der Waals surface area contributed by atoms with Gasteiger partial charge in [0.15, 0.2) is 0 Å². The van der Waals surface area contributed by atoms with Crippen LogP contribution in [-0.4, -0.2) is 27.5 Å². The molecule has 0 aliphatic heterocycles. The van der Waals surface area contributed by atoms with Gasteiger partial charge in [0.25, 0.3) is 10.0 Å². The molecule has 0 spiro atoms. The van der Waals surface area contributed by atoms with Crippen molar-refractivity contribution in [1.29, 1.82) is 0 Å². The molecule has 0 saturated carbocycles. The van der Waals surface area contributed by atoms with Gasteiger partial charge in [0, 0.05) is 0 Å². The van der Waals surface area contributed by atoms with E-state index in [0.717, 1.165) is 41.3 Å². The van der Waals surface area contributed by atoms with E-state index in [0.29, 0.717) is 24.5 Å². The van der Waals surface area contributed by atoms with E-state index in [2.05, 4.69) is 23.5 Å². The monoisotopic (exact) mass is 524 g/mol. The molecule has 1 N–H and O–H groups in total. The number of carbonyl (C=O) groups excluding carboxylic acids is 1. The third-order valence-corrected chi connectivity index (χ3v) is 8.43. The van der Waals surface area contributed by atoms with E-state index >= 15 is 0 Å². The zero-order chi connectivity index (χ0) is 26.4. The van der Waals surface area contributed by atoms with Gasteiger partial charge >= 0.3 is 0 Å². The van der Waals surface area contributed by atoms with Crippen LogP contribution >= 0.6 is 0 Å². The van der Waals surface area contributed by atoms with Crippen LogP contribution < -0.4 is 14.4 Å². The third kappa shape index (κ3) is 6.31. The van der Waals surface area contributed by atoms with Gasteiger partial charge in [-0.15, -0.1) is 0 Å². The molecule has 1 aliphatic rings. The SMILES string of the molecule is CCOc1ccc(N(CC(=O)NC(CC)c2ccc3c(c2)CCCC3)S(=O)(=O)c2ccc(F)cc2)cc1. The minimum Gasteiger partial charge on any atom is -0.494 e. The maximum Gasteiger partial charge on any atom is 0.264 e. The third-order valence-electron chi connectivity index (χ3n) is 6.64. The standard InChI is InChI=1S/C29H33FN2O4S/c1-3-28(23-10-9-21-7-5-6-8-22(21)19-23)31-29(33)20-32(25-13-15-26(16-14-25)36-4-2)37(34,35)27-17-11-24(30)12-18-27/h9-19,28H,3-8,20H2,1-2H3,(H,31,33). The number of carbonyl (C=O) groups is 1. The number of fused-ring (bicyclic) bond motifs is 1. The zero-order valence-electron chi connectivity index (χ0n) is 21.2. The number of ether oxygens (including phenoxy) is 1. The summed E-state index contributed by atoms with van der Waals surface area (Å²) in [6, 6.07) is 17.2. The van der Waals surface area contributed by atoms with Crippen LogP contribution in [-0.2, 0) is 27.7 Å². The van der Waals surface area contributed by atoms with Gasteiger partial charge < -0.3 is 10.1 Å². The summed E-state index contributed by atoms with van der Waals surface area (Å²) in [5, 5.41) is 3.02. The molecule has 37 heavy (non-hydrogen) atoms. The second-order valence-corrected chi connectivity index (χ2v) is 11.0. The summed E-state index contributed by atoms with van der Waals surface area (Å²) in [6.45, 7) is 3.90. The van der Waals surface area contributed by atoms with E-state index in [9.17, 15) is 17.6 Å². The number of halogens is 1. The predicted octanol–water partition coefficient (Wildman–Crippen LogP) is 5.57. The number of benzene rings is 3. The van der Waals surface area contributed by atoms with Crippen molar-refractivity contribution in [2.45, 2.75) is 56.9 Å². The quantitative estimate of drug-likeness (QED) is 0.377. The molecule has 0 aromatic heterocycles. The van der Waals surface area contributed by atoms with Gasteiger partial charge in [0.2, 0.25) is 5.91 Å². The van der Waals surface area contributed by atoms with E-state index in [-0.39, 0.29) is 10.9 Å². The minimum atomic E-state index is -4.15. The van der Waals surface area contributed by atoms with Crippen molar-refractivity contribution in [3.05, 3.63) is 89.2 Å². The Morgan fingerprint density at radius 1 is 0.973 bits per heavy atom. The second-order valence-electron chi connectivity index (χ2n) is 9.16. The van der Waals surface area contributed by atoms with Crippen LogP contribution in [0.25, 0.3) is 0 Å². The van der Waals surface area contributed by atoms with Gasteiger partial charge in [-0.2, -0.15) is 0 Å². The van der Waals surface area contributed by atoms with Crippen LogP contribution in [0.15, 0.2) is 71.6 Å². The van der Waals surface area contributed by atoms with Gasteiger partial charge in [-0.3, -0.25) is 9.10 Å². The first-order valence-corrected chi connectivity index (χ1v) is 14.2. The van der Waals surface area contributed by atoms with Gasteiger partial charge in [0.05, 0.1) is 23.2 Å². The highest BCUT2D eigenvalue weighted by Crippen LogP contribution is 2.28. The van der Waals surface area contributed by atoms with E-state index in [1.54, 1.807) is 24.3 Å². The molecule has 6 nitrogen and oxygen atoms in total. The van der Waals surface area contributed by atoms with Crippen molar-refractivity contribution in [2.24, 2.45) is 0 Å². The van der Waals surface area contributed by atoms with E-state index in [1.165, 1.54) is 29.7 Å². The first-order chi connectivity index (χ1) is 17.8. The number of amides is 1. The van der Waals surface area contributed by atoms with Crippen LogP contribution in [0.4, 0.5) is 10.1 Å². The zero-order valence-corrected chi connectivity index (χ0v) is 22.1. The summed E-state index contributed by atoms with van der Waals surface area (Å²) in [5.41, 5.74) is 4.02. The lowest BCUT2D eigenvalue weighted by atomic mass is 9.89. The van der Waals surface area contributed by atoms with Crippen molar-refractivity contribution < 1.29 is 22.3 Å². The highest BCUT2D eigenvalue weighted by atomic mass is 32.2. The number of hydrogen-bond acceptors (Lipinski definition) is 4. The Bertz CT molecular complexity index is 1330. The Morgan fingerprint density at radius 2 is 1.65 bits per heavy atom. The van der Waals surface area contributed by atoms with Crippen molar-refractivity contribution >= 4 is 21.6 Å². The number of nitrogens with one attached hydrogen (secondary N) is 1. The topological polar surface area (TPSA) is 75.7 Å². The van der Waals surface area contributed by atoms with Crippen LogP contribution in [0.1, 0.15) is 55.8 Å². The average molecular weight is 525 g/mol. The molecule has 196 valence electrons. The number of hydrogen-bond donors (Lipinski definition) is 1. The van der Waals surface area contributed by atoms with Crippen molar-refractivity contribution in [2.75, 3.05) is 17.5 Å². The molecule has 0 radical (unpaired) electrons. The number of sulfonamides is 1. The number of aryl methyl sites for hydroxylation is 2. The molecule has 1 unspecified atom stereocenters. The lowest BCUT2D eigenvalue weighted by molar-refractivity contribution is -0.120. The maximum atomic E-state index is 13.6. The van der Waals surface area contributed by atoms with Gasteiger partial charge in [0.1, 0.15) is 18.1 Å². The normalized spacial score (nSPS) is 13.9. The van der Waals surface area contributed by atoms with Crippen LogP contribution in [0, 0.1) is 5.82 Å². The molecule has 3 aromatic carbocycles. The number of anilines is 1. The highest BCUT2D eigenvalue weighted by molar-refractivity contribution is 7.92. The van der Waals surface area contributed by atoms with E-state index in [1.807, 2.05) is 13.8 Å². The smallest absolute Gasteiger partial charge is 0.264 e. The molecule has 3 aromatic rings. The first-order valence-electron chi connectivity index (χ1n) is 12.7. The molecular formula is C29H33FN2O4S. The molecule has 0 fully saturated rings. The van der Waals surface area contributed by atoms with E-state index in [4.69, 9.17) is 4.74 Å². The van der Waals surface area contributed by atoms with E-state index < -0.39 is 28.3 Å². The maximum absolute atomic E-state index is 13.6. The first kappa shape index (κ1) is 26.7. The predicted molar refractivity (Wildman–Crippen MR) is 143 cm³/mol. The van der Waals surface area contributed by atoms with Crippen LogP contribution in [0.5, 0.6) is 5.75 Å². The molecule has 4 rings (SSSR count). The Hall–Kier alpha value is -3.39. The molecule has 0 saturated heterocycles. The summed E-state index contributed by atoms with van der Waals surface area (Å²) in [7, 11) is -4.15. The summed E-state index contributed by atoms with van der Waals surface area (Å²) in [4.78, 5) is 13.2. The van der Waals surface area contributed by atoms with Crippen LogP contribution in [0.3, 0.4) is 0 Å². The Labute approximate surface area is 218 Å². The van der Waals surface area contributed by atoms with Gasteiger partial charge in [-0.1, -0.05) is 25.1 Å². The Balaban J connectivity index is 1.59. The molecule has 1 atom stereocenters. The fourth-order valence-corrected chi connectivity index (χ4v) is 6.11. The molecule has 0 bridgehead atoms.